The van der Waals surface area contributed by atoms with Crippen molar-refractivity contribution in [2.75, 3.05) is 0 Å². The van der Waals surface area contributed by atoms with Crippen LogP contribution in [-0.4, -0.2) is 16.3 Å². The molecule has 2 rings (SSSR count). The number of benzene rings is 1. The minimum absolute atomic E-state index is 0.235. The summed E-state index contributed by atoms with van der Waals surface area (Å²) in [7, 11) is 0. The maximum Gasteiger partial charge on any atom is 0.316 e. The number of carboxylic acids is 1. The predicted octanol–water partition coefficient (Wildman–Crippen LogP) is 4.26. The molecule has 0 radical (unpaired) electrons. The zero-order chi connectivity index (χ0) is 13.7. The summed E-state index contributed by atoms with van der Waals surface area (Å²) in [6.07, 6.45) is 5.82. The number of rotatable bonds is 5. The van der Waals surface area contributed by atoms with Crippen LogP contribution in [0.25, 0.3) is 0 Å². The third-order valence-corrected chi connectivity index (χ3v) is 5.32. The van der Waals surface area contributed by atoms with Gasteiger partial charge in [0.2, 0.25) is 0 Å². The van der Waals surface area contributed by atoms with E-state index in [0.29, 0.717) is 5.92 Å². The minimum atomic E-state index is -0.635. The first kappa shape index (κ1) is 14.4. The topological polar surface area (TPSA) is 37.3 Å². The van der Waals surface area contributed by atoms with Crippen molar-refractivity contribution in [2.45, 2.75) is 50.0 Å². The monoisotopic (exact) mass is 278 g/mol. The number of carbonyl (C=O) groups is 1. The summed E-state index contributed by atoms with van der Waals surface area (Å²) >= 11 is 1.60. The van der Waals surface area contributed by atoms with Crippen LogP contribution in [-0.2, 0) is 10.5 Å². The molecule has 1 fully saturated rings. The van der Waals surface area contributed by atoms with E-state index in [4.69, 9.17) is 0 Å². The number of aliphatic carboxylic acids is 1. The molecule has 0 aromatic heterocycles. The molecule has 19 heavy (non-hydrogen) atoms. The maximum atomic E-state index is 11.5. The number of hydrogen-bond acceptors (Lipinski definition) is 2. The highest BCUT2D eigenvalue weighted by Gasteiger charge is 2.29. The van der Waals surface area contributed by atoms with E-state index in [0.717, 1.165) is 18.6 Å². The highest BCUT2D eigenvalue weighted by atomic mass is 32.2. The van der Waals surface area contributed by atoms with Gasteiger partial charge < -0.3 is 5.11 Å². The van der Waals surface area contributed by atoms with Crippen LogP contribution in [0.5, 0.6) is 0 Å². The first-order valence-electron chi connectivity index (χ1n) is 7.07. The molecule has 1 atom stereocenters. The van der Waals surface area contributed by atoms with Gasteiger partial charge in [-0.2, -0.15) is 0 Å². The van der Waals surface area contributed by atoms with E-state index >= 15 is 0 Å². The van der Waals surface area contributed by atoms with Gasteiger partial charge in [-0.3, -0.25) is 4.79 Å². The molecule has 0 amide bonds. The largest absolute Gasteiger partial charge is 0.480 e. The molecule has 104 valence electrons. The van der Waals surface area contributed by atoms with Crippen molar-refractivity contribution in [1.29, 1.82) is 0 Å². The molecule has 0 spiro atoms. The van der Waals surface area contributed by atoms with Crippen LogP contribution < -0.4 is 0 Å². The van der Waals surface area contributed by atoms with Gasteiger partial charge in [-0.05, 0) is 31.2 Å². The fourth-order valence-corrected chi connectivity index (χ4v) is 3.97. The molecule has 2 nitrogen and oxygen atoms in total. The average molecular weight is 278 g/mol. The van der Waals surface area contributed by atoms with Crippen LogP contribution in [0.2, 0.25) is 0 Å². The van der Waals surface area contributed by atoms with E-state index < -0.39 is 5.97 Å². The second-order valence-corrected chi connectivity index (χ2v) is 6.58. The van der Waals surface area contributed by atoms with Crippen LogP contribution in [0.1, 0.15) is 43.2 Å². The molecule has 1 aromatic rings. The molecule has 3 heteroatoms. The maximum absolute atomic E-state index is 11.5. The molecule has 1 aromatic carbocycles. The molecule has 1 aliphatic rings. The molecule has 1 aliphatic carbocycles. The second kappa shape index (κ2) is 6.99. The van der Waals surface area contributed by atoms with E-state index in [1.165, 1.54) is 30.4 Å². The van der Waals surface area contributed by atoms with Crippen LogP contribution in [0.4, 0.5) is 0 Å². The summed E-state index contributed by atoms with van der Waals surface area (Å²) < 4.78 is 0. The molecular weight excluding hydrogens is 256 g/mol. The summed E-state index contributed by atoms with van der Waals surface area (Å²) in [5.74, 6) is 0.527. The first-order chi connectivity index (χ1) is 9.16. The fourth-order valence-electron chi connectivity index (χ4n) is 2.72. The Bertz CT molecular complexity index is 407. The van der Waals surface area contributed by atoms with Crippen molar-refractivity contribution in [1.82, 2.24) is 0 Å². The molecule has 0 bridgehead atoms. The lowest BCUT2D eigenvalue weighted by atomic mass is 9.87. The van der Waals surface area contributed by atoms with Gasteiger partial charge in [-0.15, -0.1) is 11.8 Å². The number of hydrogen-bond donors (Lipinski definition) is 1. The smallest absolute Gasteiger partial charge is 0.316 e. The Morgan fingerprint density at radius 1 is 1.26 bits per heavy atom. The Kier molecular flexibility index (Phi) is 5.32. The van der Waals surface area contributed by atoms with E-state index in [9.17, 15) is 9.90 Å². The molecule has 1 unspecified atom stereocenters. The summed E-state index contributed by atoms with van der Waals surface area (Å²) in [6.45, 7) is 2.07. The molecule has 0 heterocycles. The number of thioether (sulfide) groups is 1. The Labute approximate surface area is 119 Å². The molecule has 1 saturated carbocycles. The lowest BCUT2D eigenvalue weighted by molar-refractivity contribution is -0.137. The van der Waals surface area contributed by atoms with Gasteiger partial charge in [0.05, 0.1) is 0 Å². The van der Waals surface area contributed by atoms with Crippen LogP contribution in [0, 0.1) is 12.8 Å². The standard InChI is InChI=1S/C16H22O2S/c1-12-7-9-13(10-8-12)11-19-15(16(17)18)14-5-3-2-4-6-14/h7-10,14-15H,2-6,11H2,1H3,(H,17,18). The lowest BCUT2D eigenvalue weighted by Gasteiger charge is -2.27. The van der Waals surface area contributed by atoms with E-state index in [2.05, 4.69) is 31.2 Å². The third kappa shape index (κ3) is 4.27. The van der Waals surface area contributed by atoms with Crippen molar-refractivity contribution >= 4 is 17.7 Å². The van der Waals surface area contributed by atoms with E-state index in [1.54, 1.807) is 11.8 Å². The Balaban J connectivity index is 1.93. The minimum Gasteiger partial charge on any atom is -0.480 e. The Hall–Kier alpha value is -0.960. The molecule has 1 N–H and O–H groups in total. The predicted molar refractivity (Wildman–Crippen MR) is 80.5 cm³/mol. The Morgan fingerprint density at radius 3 is 2.47 bits per heavy atom. The van der Waals surface area contributed by atoms with Crippen LogP contribution >= 0.6 is 11.8 Å². The van der Waals surface area contributed by atoms with Crippen molar-refractivity contribution in [3.8, 4) is 0 Å². The van der Waals surface area contributed by atoms with Crippen LogP contribution in [0.3, 0.4) is 0 Å². The summed E-state index contributed by atoms with van der Waals surface area (Å²) in [5.41, 5.74) is 2.47. The van der Waals surface area contributed by atoms with Gasteiger partial charge in [0.15, 0.2) is 0 Å². The first-order valence-corrected chi connectivity index (χ1v) is 8.11. The normalized spacial score (nSPS) is 18.2. The van der Waals surface area contributed by atoms with Gasteiger partial charge >= 0.3 is 5.97 Å². The average Bonchev–Trinajstić information content (AvgIpc) is 2.42. The number of carboxylic acid groups (broad SMARTS) is 1. The quantitative estimate of drug-likeness (QED) is 0.874. The SMILES string of the molecule is Cc1ccc(CSC(C(=O)O)C2CCCCC2)cc1. The Morgan fingerprint density at radius 2 is 1.89 bits per heavy atom. The molecule has 0 aliphatic heterocycles. The van der Waals surface area contributed by atoms with E-state index in [1.807, 2.05) is 0 Å². The van der Waals surface area contributed by atoms with Gasteiger partial charge in [0.1, 0.15) is 5.25 Å². The summed E-state index contributed by atoms with van der Waals surface area (Å²) in [6, 6.07) is 8.38. The van der Waals surface area contributed by atoms with Gasteiger partial charge in [0.25, 0.3) is 0 Å². The van der Waals surface area contributed by atoms with Gasteiger partial charge in [-0.1, -0.05) is 49.1 Å². The zero-order valence-electron chi connectivity index (χ0n) is 11.5. The highest BCUT2D eigenvalue weighted by Crippen LogP contribution is 2.34. The van der Waals surface area contributed by atoms with E-state index in [-0.39, 0.29) is 5.25 Å². The van der Waals surface area contributed by atoms with Crippen molar-refractivity contribution < 1.29 is 9.90 Å². The van der Waals surface area contributed by atoms with Gasteiger partial charge in [-0.25, -0.2) is 0 Å². The van der Waals surface area contributed by atoms with Crippen molar-refractivity contribution in [3.63, 3.8) is 0 Å². The summed E-state index contributed by atoms with van der Waals surface area (Å²) in [5, 5.41) is 9.19. The second-order valence-electron chi connectivity index (χ2n) is 5.45. The van der Waals surface area contributed by atoms with Crippen LogP contribution in [0.15, 0.2) is 24.3 Å². The zero-order valence-corrected chi connectivity index (χ0v) is 12.3. The summed E-state index contributed by atoms with van der Waals surface area (Å²) in [4.78, 5) is 11.5. The molecule has 0 saturated heterocycles. The lowest BCUT2D eigenvalue weighted by Crippen LogP contribution is -2.28. The molecular formula is C16H22O2S. The number of aryl methyl sites for hydroxylation is 1. The van der Waals surface area contributed by atoms with Crippen molar-refractivity contribution in [3.05, 3.63) is 35.4 Å². The third-order valence-electron chi connectivity index (χ3n) is 3.87. The highest BCUT2D eigenvalue weighted by molar-refractivity contribution is 7.99. The fraction of sp³-hybridized carbons (Fsp3) is 0.562. The van der Waals surface area contributed by atoms with Crippen molar-refractivity contribution in [2.24, 2.45) is 5.92 Å². The van der Waals surface area contributed by atoms with Gasteiger partial charge in [0, 0.05) is 5.75 Å².